The highest BCUT2D eigenvalue weighted by Crippen LogP contribution is 2.11. The number of rotatable bonds is 16. The molecule has 5 heteroatoms. The molecule has 1 aromatic rings. The van der Waals surface area contributed by atoms with Crippen LogP contribution in [0.4, 0.5) is 4.79 Å². The Bertz CT molecular complexity index is 740. The number of nitrogens with one attached hydrogen (secondary N) is 1. The molecule has 0 aromatic heterocycles. The molecule has 0 unspecified atom stereocenters. The van der Waals surface area contributed by atoms with Crippen LogP contribution in [-0.4, -0.2) is 25.3 Å². The number of benzene rings is 1. The second-order valence-corrected chi connectivity index (χ2v) is 8.11. The van der Waals surface area contributed by atoms with Gasteiger partial charge in [-0.15, -0.1) is 0 Å². The maximum Gasteiger partial charge on any atom is 0.408 e. The Morgan fingerprint density at radius 2 is 1.52 bits per heavy atom. The molecule has 0 aliphatic heterocycles. The van der Waals surface area contributed by atoms with Crippen molar-refractivity contribution in [1.29, 1.82) is 0 Å². The van der Waals surface area contributed by atoms with Crippen molar-refractivity contribution >= 4 is 12.1 Å². The van der Waals surface area contributed by atoms with E-state index in [2.05, 4.69) is 34.4 Å². The largest absolute Gasteiger partial charge is 0.469 e. The summed E-state index contributed by atoms with van der Waals surface area (Å²) in [4.78, 5) is 23.0. The fourth-order valence-corrected chi connectivity index (χ4v) is 3.24. The second kappa shape index (κ2) is 18.7. The lowest BCUT2D eigenvalue weighted by atomic mass is 10.1. The summed E-state index contributed by atoms with van der Waals surface area (Å²) in [5.74, 6) is -0.110. The van der Waals surface area contributed by atoms with E-state index in [9.17, 15) is 9.59 Å². The number of methoxy groups -OCH3 is 1. The molecular weight excluding hydrogens is 414 g/mol. The summed E-state index contributed by atoms with van der Waals surface area (Å²) < 4.78 is 10.0. The van der Waals surface area contributed by atoms with Gasteiger partial charge in [-0.05, 0) is 57.6 Å². The predicted molar refractivity (Wildman–Crippen MR) is 135 cm³/mol. The number of amides is 1. The molecular formula is C28H41NO4. The van der Waals surface area contributed by atoms with E-state index in [4.69, 9.17) is 4.74 Å². The fourth-order valence-electron chi connectivity index (χ4n) is 3.24. The van der Waals surface area contributed by atoms with E-state index in [0.717, 1.165) is 37.7 Å². The Balaban J connectivity index is 2.03. The number of ether oxygens (including phenoxy) is 2. The van der Waals surface area contributed by atoms with Crippen LogP contribution in [-0.2, 0) is 14.3 Å². The molecule has 0 bridgehead atoms. The average molecular weight is 456 g/mol. The topological polar surface area (TPSA) is 64.6 Å². The Kier molecular flexibility index (Phi) is 16.0. The van der Waals surface area contributed by atoms with Gasteiger partial charge in [0.05, 0.1) is 13.2 Å². The molecule has 0 radical (unpaired) electrons. The second-order valence-electron chi connectivity index (χ2n) is 8.11. The van der Waals surface area contributed by atoms with Gasteiger partial charge >= 0.3 is 12.1 Å². The SMILES string of the molecule is COC(=O)CCCCCCC/C=C\C/C=C\C/C=C\[C@@H](C)OC(=O)N[C@@H](C)c1ccccc1. The van der Waals surface area contributed by atoms with Crippen LogP contribution in [0.15, 0.2) is 66.8 Å². The minimum Gasteiger partial charge on any atom is -0.469 e. The van der Waals surface area contributed by atoms with Crippen molar-refractivity contribution in [2.75, 3.05) is 7.11 Å². The number of allylic oxidation sites excluding steroid dienone is 5. The Morgan fingerprint density at radius 1 is 0.879 bits per heavy atom. The van der Waals surface area contributed by atoms with Crippen molar-refractivity contribution in [3.63, 3.8) is 0 Å². The first-order valence-corrected chi connectivity index (χ1v) is 12.1. The molecule has 0 heterocycles. The Hall–Kier alpha value is -2.82. The molecule has 0 saturated heterocycles. The highest BCUT2D eigenvalue weighted by atomic mass is 16.6. The molecule has 0 spiro atoms. The maximum absolute atomic E-state index is 12.0. The summed E-state index contributed by atoms with van der Waals surface area (Å²) >= 11 is 0. The molecule has 182 valence electrons. The summed E-state index contributed by atoms with van der Waals surface area (Å²) in [5, 5.41) is 2.85. The van der Waals surface area contributed by atoms with Gasteiger partial charge in [-0.25, -0.2) is 4.79 Å². The highest BCUT2D eigenvalue weighted by Gasteiger charge is 2.11. The van der Waals surface area contributed by atoms with Crippen molar-refractivity contribution in [3.05, 3.63) is 72.4 Å². The number of hydrogen-bond acceptors (Lipinski definition) is 4. The molecule has 33 heavy (non-hydrogen) atoms. The molecule has 2 atom stereocenters. The average Bonchev–Trinajstić information content (AvgIpc) is 2.81. The van der Waals surface area contributed by atoms with Crippen molar-refractivity contribution < 1.29 is 19.1 Å². The molecule has 0 aliphatic carbocycles. The lowest BCUT2D eigenvalue weighted by molar-refractivity contribution is -0.140. The van der Waals surface area contributed by atoms with Crippen LogP contribution in [0.25, 0.3) is 0 Å². The van der Waals surface area contributed by atoms with E-state index >= 15 is 0 Å². The van der Waals surface area contributed by atoms with Gasteiger partial charge < -0.3 is 14.8 Å². The normalized spacial score (nSPS) is 13.4. The third-order valence-corrected chi connectivity index (χ3v) is 5.19. The molecule has 5 nitrogen and oxygen atoms in total. The third kappa shape index (κ3) is 15.6. The Labute approximate surface area is 199 Å². The summed E-state index contributed by atoms with van der Waals surface area (Å²) in [6, 6.07) is 9.72. The van der Waals surface area contributed by atoms with Crippen molar-refractivity contribution in [1.82, 2.24) is 5.32 Å². The van der Waals surface area contributed by atoms with Crippen LogP contribution in [0.1, 0.15) is 83.2 Å². The van der Waals surface area contributed by atoms with Gasteiger partial charge in [0, 0.05) is 6.42 Å². The van der Waals surface area contributed by atoms with Gasteiger partial charge in [0.25, 0.3) is 0 Å². The first-order chi connectivity index (χ1) is 16.0. The maximum atomic E-state index is 12.0. The number of carbonyl (C=O) groups is 2. The van der Waals surface area contributed by atoms with Crippen LogP contribution in [0, 0.1) is 0 Å². The number of alkyl carbamates (subject to hydrolysis) is 1. The van der Waals surface area contributed by atoms with Crippen molar-refractivity contribution in [2.45, 2.75) is 83.8 Å². The molecule has 1 N–H and O–H groups in total. The van der Waals surface area contributed by atoms with Crippen LogP contribution in [0.3, 0.4) is 0 Å². The summed E-state index contributed by atoms with van der Waals surface area (Å²) in [6.45, 7) is 3.79. The molecule has 0 saturated carbocycles. The van der Waals surface area contributed by atoms with E-state index in [1.165, 1.54) is 26.4 Å². The highest BCUT2D eigenvalue weighted by molar-refractivity contribution is 5.69. The summed E-state index contributed by atoms with van der Waals surface area (Å²) in [6.07, 6.45) is 20.9. The first-order valence-electron chi connectivity index (χ1n) is 12.1. The Morgan fingerprint density at radius 3 is 2.24 bits per heavy atom. The quantitative estimate of drug-likeness (QED) is 0.162. The van der Waals surface area contributed by atoms with Crippen LogP contribution < -0.4 is 5.32 Å². The van der Waals surface area contributed by atoms with E-state index in [1.807, 2.05) is 56.3 Å². The van der Waals surface area contributed by atoms with Crippen LogP contribution in [0.2, 0.25) is 0 Å². The van der Waals surface area contributed by atoms with Crippen LogP contribution >= 0.6 is 0 Å². The van der Waals surface area contributed by atoms with Crippen molar-refractivity contribution in [2.24, 2.45) is 0 Å². The number of carbonyl (C=O) groups excluding carboxylic acids is 2. The molecule has 0 fully saturated rings. The van der Waals surface area contributed by atoms with E-state index in [1.54, 1.807) is 0 Å². The third-order valence-electron chi connectivity index (χ3n) is 5.19. The number of esters is 1. The minimum absolute atomic E-state index is 0.0936. The van der Waals surface area contributed by atoms with E-state index in [0.29, 0.717) is 6.42 Å². The lowest BCUT2D eigenvalue weighted by Gasteiger charge is -2.16. The molecule has 0 aliphatic rings. The fraction of sp³-hybridized carbons (Fsp3) is 0.500. The minimum atomic E-state index is -0.412. The lowest BCUT2D eigenvalue weighted by Crippen LogP contribution is -2.29. The van der Waals surface area contributed by atoms with Gasteiger partial charge in [0.2, 0.25) is 0 Å². The smallest absolute Gasteiger partial charge is 0.408 e. The zero-order valence-corrected chi connectivity index (χ0v) is 20.5. The molecule has 1 aromatic carbocycles. The van der Waals surface area contributed by atoms with Crippen molar-refractivity contribution in [3.8, 4) is 0 Å². The van der Waals surface area contributed by atoms with Crippen LogP contribution in [0.5, 0.6) is 0 Å². The zero-order valence-electron chi connectivity index (χ0n) is 20.5. The zero-order chi connectivity index (χ0) is 24.2. The summed E-state index contributed by atoms with van der Waals surface area (Å²) in [5.41, 5.74) is 1.05. The van der Waals surface area contributed by atoms with Gasteiger partial charge in [0.15, 0.2) is 0 Å². The molecule has 1 amide bonds. The van der Waals surface area contributed by atoms with Gasteiger partial charge in [-0.1, -0.05) is 80.0 Å². The number of unbranched alkanes of at least 4 members (excludes halogenated alkanes) is 5. The molecule has 1 rings (SSSR count). The standard InChI is InChI=1S/C28H41NO4/c1-24(33-28(31)29-25(2)26-21-17-15-18-22-26)20-16-13-11-9-7-5-4-6-8-10-12-14-19-23-27(30)32-3/h4-5,9,11,15-18,20-22,24-25H,6-8,10,12-14,19,23H2,1-3H3,(H,29,31)/b5-4-,11-9-,20-16-/t24-,25+/m1/s1. The number of hydrogen-bond donors (Lipinski definition) is 1. The predicted octanol–water partition coefficient (Wildman–Crippen LogP) is 7.21. The van der Waals surface area contributed by atoms with Gasteiger partial charge in [-0.3, -0.25) is 4.79 Å². The summed E-state index contributed by atoms with van der Waals surface area (Å²) in [7, 11) is 1.44. The van der Waals surface area contributed by atoms with E-state index in [-0.39, 0.29) is 18.1 Å². The van der Waals surface area contributed by atoms with E-state index < -0.39 is 6.09 Å². The van der Waals surface area contributed by atoms with Gasteiger partial charge in [0.1, 0.15) is 6.10 Å². The monoisotopic (exact) mass is 455 g/mol. The first kappa shape index (κ1) is 28.2. The van der Waals surface area contributed by atoms with Gasteiger partial charge in [-0.2, -0.15) is 0 Å².